The molecule has 1 atom stereocenters. The van der Waals surface area contributed by atoms with Gasteiger partial charge in [-0.05, 0) is 98.9 Å². The minimum atomic E-state index is -4.20. The zero-order valence-electron chi connectivity index (χ0n) is 24.6. The van der Waals surface area contributed by atoms with E-state index in [0.29, 0.717) is 15.9 Å². The summed E-state index contributed by atoms with van der Waals surface area (Å²) in [5.74, 6) is -0.366. The summed E-state index contributed by atoms with van der Waals surface area (Å²) in [4.78, 5) is 28.7. The van der Waals surface area contributed by atoms with Crippen LogP contribution in [0.15, 0.2) is 76.1 Å². The molecule has 10 heteroatoms. The SMILES string of the molecule is COc1ccc(S(=O)(=O)N(CC(=O)N(Cc2ccccc2C)C(C)C(=O)NC(C)(C)C)c2ccc(C)cc2)cc1Br. The van der Waals surface area contributed by atoms with Crippen molar-refractivity contribution >= 4 is 43.5 Å². The standard InChI is InChI=1S/C31H38BrN3O5S/c1-21-12-14-25(15-13-21)35(41(38,39)26-16-17-28(40-7)27(32)18-26)20-29(36)34(19-24-11-9-8-10-22(24)2)23(3)30(37)33-31(4,5)6/h8-18,23H,19-20H2,1-7H3,(H,33,37). The van der Waals surface area contributed by atoms with Gasteiger partial charge < -0.3 is 15.0 Å². The number of benzene rings is 3. The number of nitrogens with one attached hydrogen (secondary N) is 1. The third-order valence-corrected chi connectivity index (χ3v) is 8.97. The average molecular weight is 645 g/mol. The van der Waals surface area contributed by atoms with Crippen LogP contribution in [0.25, 0.3) is 0 Å². The van der Waals surface area contributed by atoms with Gasteiger partial charge in [0.05, 0.1) is 22.2 Å². The van der Waals surface area contributed by atoms with Crippen LogP contribution in [-0.2, 0) is 26.2 Å². The molecule has 3 rings (SSSR count). The van der Waals surface area contributed by atoms with Crippen molar-refractivity contribution in [2.75, 3.05) is 18.0 Å². The first kappa shape index (κ1) is 32.1. The lowest BCUT2D eigenvalue weighted by Gasteiger charge is -2.33. The number of carbonyl (C=O) groups excluding carboxylic acids is 2. The zero-order chi connectivity index (χ0) is 30.5. The molecule has 0 bridgehead atoms. The second kappa shape index (κ2) is 13.1. The number of rotatable bonds is 10. The summed E-state index contributed by atoms with van der Waals surface area (Å²) < 4.78 is 34.9. The molecule has 0 aliphatic carbocycles. The maximum atomic E-state index is 14.1. The lowest BCUT2D eigenvalue weighted by atomic mass is 10.1. The molecule has 3 aromatic rings. The molecule has 0 spiro atoms. The van der Waals surface area contributed by atoms with Crippen LogP contribution in [0.3, 0.4) is 0 Å². The summed E-state index contributed by atoms with van der Waals surface area (Å²) in [5, 5.41) is 2.94. The van der Waals surface area contributed by atoms with Crippen LogP contribution in [0.5, 0.6) is 5.75 Å². The Kier molecular flexibility index (Phi) is 10.3. The summed E-state index contributed by atoms with van der Waals surface area (Å²) in [6.07, 6.45) is 0. The van der Waals surface area contributed by atoms with Crippen LogP contribution in [0.1, 0.15) is 44.4 Å². The van der Waals surface area contributed by atoms with Crippen molar-refractivity contribution in [1.29, 1.82) is 0 Å². The average Bonchev–Trinajstić information content (AvgIpc) is 2.90. The Morgan fingerprint density at radius 3 is 2.20 bits per heavy atom. The molecule has 0 fully saturated rings. The van der Waals surface area contributed by atoms with Crippen molar-refractivity contribution in [3.8, 4) is 5.75 Å². The van der Waals surface area contributed by atoms with Crippen LogP contribution in [0, 0.1) is 13.8 Å². The second-order valence-corrected chi connectivity index (χ2v) is 13.7. The fourth-order valence-corrected chi connectivity index (χ4v) is 6.34. The van der Waals surface area contributed by atoms with Crippen LogP contribution in [-0.4, -0.2) is 50.4 Å². The first-order valence-corrected chi connectivity index (χ1v) is 15.5. The van der Waals surface area contributed by atoms with Crippen molar-refractivity contribution in [3.05, 3.63) is 87.9 Å². The summed E-state index contributed by atoms with van der Waals surface area (Å²) in [6, 6.07) is 18.1. The van der Waals surface area contributed by atoms with E-state index in [-0.39, 0.29) is 17.3 Å². The fourth-order valence-electron chi connectivity index (χ4n) is 4.20. The minimum Gasteiger partial charge on any atom is -0.496 e. The van der Waals surface area contributed by atoms with Gasteiger partial charge in [0, 0.05) is 12.1 Å². The van der Waals surface area contributed by atoms with Gasteiger partial charge in [-0.1, -0.05) is 42.0 Å². The third kappa shape index (κ3) is 8.10. The molecular weight excluding hydrogens is 606 g/mol. The van der Waals surface area contributed by atoms with Gasteiger partial charge in [-0.3, -0.25) is 13.9 Å². The van der Waals surface area contributed by atoms with Gasteiger partial charge in [0.1, 0.15) is 18.3 Å². The Balaban J connectivity index is 2.07. The predicted octanol–water partition coefficient (Wildman–Crippen LogP) is 5.60. The number of nitrogens with zero attached hydrogens (tertiary/aromatic N) is 2. The number of halogens is 1. The molecule has 0 aliphatic rings. The fraction of sp³-hybridized carbons (Fsp3) is 0.355. The molecule has 1 unspecified atom stereocenters. The van der Waals surface area contributed by atoms with Crippen molar-refractivity contribution < 1.29 is 22.7 Å². The van der Waals surface area contributed by atoms with Crippen molar-refractivity contribution in [2.45, 2.75) is 64.6 Å². The number of carbonyl (C=O) groups is 2. The molecule has 8 nitrogen and oxygen atoms in total. The molecule has 0 saturated heterocycles. The number of methoxy groups -OCH3 is 1. The van der Waals surface area contributed by atoms with Crippen LogP contribution in [0.4, 0.5) is 5.69 Å². The highest BCUT2D eigenvalue weighted by Gasteiger charge is 2.33. The van der Waals surface area contributed by atoms with Crippen LogP contribution in [0.2, 0.25) is 0 Å². The number of anilines is 1. The molecule has 0 radical (unpaired) electrons. The number of hydrogen-bond donors (Lipinski definition) is 1. The highest BCUT2D eigenvalue weighted by Crippen LogP contribution is 2.31. The lowest BCUT2D eigenvalue weighted by Crippen LogP contribution is -2.54. The van der Waals surface area contributed by atoms with Crippen molar-refractivity contribution in [3.63, 3.8) is 0 Å². The lowest BCUT2D eigenvalue weighted by molar-refractivity contribution is -0.140. The molecule has 2 amide bonds. The van der Waals surface area contributed by atoms with Gasteiger partial charge >= 0.3 is 0 Å². The molecule has 41 heavy (non-hydrogen) atoms. The van der Waals surface area contributed by atoms with E-state index in [1.54, 1.807) is 37.3 Å². The quantitative estimate of drug-likeness (QED) is 0.310. The maximum absolute atomic E-state index is 14.1. The molecular formula is C31H38BrN3O5S. The minimum absolute atomic E-state index is 0.0115. The smallest absolute Gasteiger partial charge is 0.264 e. The zero-order valence-corrected chi connectivity index (χ0v) is 27.0. The summed E-state index contributed by atoms with van der Waals surface area (Å²) in [7, 11) is -2.71. The Morgan fingerprint density at radius 1 is 1.00 bits per heavy atom. The van der Waals surface area contributed by atoms with Crippen LogP contribution >= 0.6 is 15.9 Å². The van der Waals surface area contributed by atoms with E-state index < -0.39 is 34.1 Å². The van der Waals surface area contributed by atoms with E-state index in [1.807, 2.05) is 58.9 Å². The van der Waals surface area contributed by atoms with Crippen molar-refractivity contribution in [2.24, 2.45) is 0 Å². The molecule has 0 aromatic heterocycles. The number of aryl methyl sites for hydroxylation is 2. The first-order valence-electron chi connectivity index (χ1n) is 13.2. The van der Waals surface area contributed by atoms with E-state index in [4.69, 9.17) is 4.74 Å². The summed E-state index contributed by atoms with van der Waals surface area (Å²) in [6.45, 7) is 10.7. The number of amides is 2. The Bertz CT molecular complexity index is 1500. The summed E-state index contributed by atoms with van der Waals surface area (Å²) >= 11 is 3.36. The van der Waals surface area contributed by atoms with Gasteiger partial charge in [0.15, 0.2) is 0 Å². The topological polar surface area (TPSA) is 96.0 Å². The van der Waals surface area contributed by atoms with Gasteiger partial charge in [-0.25, -0.2) is 8.42 Å². The molecule has 0 aliphatic heterocycles. The first-order chi connectivity index (χ1) is 19.1. The molecule has 0 heterocycles. The molecule has 0 saturated carbocycles. The highest BCUT2D eigenvalue weighted by atomic mass is 79.9. The molecule has 220 valence electrons. The van der Waals surface area contributed by atoms with E-state index in [2.05, 4.69) is 21.2 Å². The van der Waals surface area contributed by atoms with Gasteiger partial charge in [0.2, 0.25) is 11.8 Å². The number of hydrogen-bond acceptors (Lipinski definition) is 5. The number of sulfonamides is 1. The van der Waals surface area contributed by atoms with E-state index in [1.165, 1.54) is 24.1 Å². The predicted molar refractivity (Wildman–Crippen MR) is 165 cm³/mol. The number of ether oxygens (including phenoxy) is 1. The third-order valence-electron chi connectivity index (χ3n) is 6.58. The van der Waals surface area contributed by atoms with E-state index in [0.717, 1.165) is 21.0 Å². The Labute approximate surface area is 251 Å². The van der Waals surface area contributed by atoms with Gasteiger partial charge in [-0.15, -0.1) is 0 Å². The van der Waals surface area contributed by atoms with Crippen molar-refractivity contribution in [1.82, 2.24) is 10.2 Å². The molecule has 3 aromatic carbocycles. The monoisotopic (exact) mass is 643 g/mol. The van der Waals surface area contributed by atoms with Gasteiger partial charge in [-0.2, -0.15) is 0 Å². The maximum Gasteiger partial charge on any atom is 0.264 e. The Hall–Kier alpha value is -3.37. The molecule has 1 N–H and O–H groups in total. The normalized spacial score (nSPS) is 12.4. The summed E-state index contributed by atoms with van der Waals surface area (Å²) in [5.41, 5.74) is 2.58. The van der Waals surface area contributed by atoms with E-state index in [9.17, 15) is 18.0 Å². The largest absolute Gasteiger partial charge is 0.496 e. The second-order valence-electron chi connectivity index (χ2n) is 11.0. The van der Waals surface area contributed by atoms with Gasteiger partial charge in [0.25, 0.3) is 10.0 Å². The highest BCUT2D eigenvalue weighted by molar-refractivity contribution is 9.10. The van der Waals surface area contributed by atoms with E-state index >= 15 is 0 Å². The Morgan fingerprint density at radius 2 is 1.63 bits per heavy atom. The van der Waals surface area contributed by atoms with Crippen LogP contribution < -0.4 is 14.4 Å².